The summed E-state index contributed by atoms with van der Waals surface area (Å²) in [5.41, 5.74) is 3.76. The van der Waals surface area contributed by atoms with Crippen LogP contribution in [-0.4, -0.2) is 30.0 Å². The van der Waals surface area contributed by atoms with Crippen molar-refractivity contribution in [2.45, 2.75) is 13.3 Å². The highest BCUT2D eigenvalue weighted by Crippen LogP contribution is 2.19. The maximum atomic E-state index is 4.44. The van der Waals surface area contributed by atoms with E-state index in [-0.39, 0.29) is 0 Å². The summed E-state index contributed by atoms with van der Waals surface area (Å²) in [4.78, 5) is 6.76. The van der Waals surface area contributed by atoms with Gasteiger partial charge in [0.1, 0.15) is 0 Å². The molecule has 14 heavy (non-hydrogen) atoms. The number of aromatic nitrogens is 1. The van der Waals surface area contributed by atoms with E-state index >= 15 is 0 Å². The maximum Gasteiger partial charge on any atom is 0.0659 e. The van der Waals surface area contributed by atoms with Gasteiger partial charge in [0.15, 0.2) is 0 Å². The van der Waals surface area contributed by atoms with E-state index in [1.807, 2.05) is 6.20 Å². The van der Waals surface area contributed by atoms with Gasteiger partial charge in [-0.15, -0.1) is 0 Å². The van der Waals surface area contributed by atoms with Gasteiger partial charge in [-0.05, 0) is 37.6 Å². The van der Waals surface area contributed by atoms with Crippen molar-refractivity contribution in [1.29, 1.82) is 0 Å². The van der Waals surface area contributed by atoms with Crippen LogP contribution in [0.25, 0.3) is 5.57 Å². The second kappa shape index (κ2) is 3.93. The van der Waals surface area contributed by atoms with E-state index in [4.69, 9.17) is 0 Å². The van der Waals surface area contributed by atoms with Crippen molar-refractivity contribution in [2.24, 2.45) is 0 Å². The van der Waals surface area contributed by atoms with Crippen molar-refractivity contribution in [3.05, 3.63) is 35.7 Å². The van der Waals surface area contributed by atoms with Gasteiger partial charge in [-0.2, -0.15) is 0 Å². The van der Waals surface area contributed by atoms with E-state index in [1.54, 1.807) is 0 Å². The molecule has 0 bridgehead atoms. The molecule has 74 valence electrons. The normalized spacial score (nSPS) is 18.0. The highest BCUT2D eigenvalue weighted by molar-refractivity contribution is 5.63. The monoisotopic (exact) mass is 188 g/mol. The summed E-state index contributed by atoms with van der Waals surface area (Å²) in [6.07, 6.45) is 5.34. The lowest BCUT2D eigenvalue weighted by atomic mass is 10.0. The molecule has 0 unspecified atom stereocenters. The van der Waals surface area contributed by atoms with Gasteiger partial charge in [-0.3, -0.25) is 4.98 Å². The van der Waals surface area contributed by atoms with E-state index in [1.165, 1.54) is 11.1 Å². The Labute approximate surface area is 85.3 Å². The zero-order valence-corrected chi connectivity index (χ0v) is 8.83. The minimum Gasteiger partial charge on any atom is -0.302 e. The first-order chi connectivity index (χ1) is 6.75. The van der Waals surface area contributed by atoms with Crippen molar-refractivity contribution in [3.63, 3.8) is 0 Å². The predicted molar refractivity (Wildman–Crippen MR) is 59.1 cm³/mol. The zero-order chi connectivity index (χ0) is 9.97. The maximum absolute atomic E-state index is 4.44. The van der Waals surface area contributed by atoms with Crippen molar-refractivity contribution in [1.82, 2.24) is 9.88 Å². The average molecular weight is 188 g/mol. The molecule has 0 amide bonds. The Hall–Kier alpha value is -1.15. The molecule has 2 nitrogen and oxygen atoms in total. The summed E-state index contributed by atoms with van der Waals surface area (Å²) in [5, 5.41) is 0. The summed E-state index contributed by atoms with van der Waals surface area (Å²) in [5.74, 6) is 0. The Kier molecular flexibility index (Phi) is 2.64. The van der Waals surface area contributed by atoms with E-state index in [0.717, 1.165) is 25.2 Å². The topological polar surface area (TPSA) is 16.1 Å². The summed E-state index contributed by atoms with van der Waals surface area (Å²) < 4.78 is 0. The van der Waals surface area contributed by atoms with Gasteiger partial charge >= 0.3 is 0 Å². The summed E-state index contributed by atoms with van der Waals surface area (Å²) in [6, 6.07) is 4.24. The molecular weight excluding hydrogens is 172 g/mol. The van der Waals surface area contributed by atoms with Crippen LogP contribution >= 0.6 is 0 Å². The fourth-order valence-corrected chi connectivity index (χ4v) is 1.66. The molecule has 0 fully saturated rings. The molecule has 2 rings (SSSR count). The van der Waals surface area contributed by atoms with Crippen LogP contribution in [0.15, 0.2) is 24.4 Å². The highest BCUT2D eigenvalue weighted by Gasteiger charge is 2.09. The molecule has 0 aromatic carbocycles. The zero-order valence-electron chi connectivity index (χ0n) is 8.83. The smallest absolute Gasteiger partial charge is 0.0659 e. The highest BCUT2D eigenvalue weighted by atomic mass is 15.1. The van der Waals surface area contributed by atoms with Crippen LogP contribution < -0.4 is 0 Å². The van der Waals surface area contributed by atoms with Gasteiger partial charge in [-0.25, -0.2) is 0 Å². The second-order valence-corrected chi connectivity index (χ2v) is 3.96. The third kappa shape index (κ3) is 2.02. The van der Waals surface area contributed by atoms with E-state index < -0.39 is 0 Å². The summed E-state index contributed by atoms with van der Waals surface area (Å²) >= 11 is 0. The predicted octanol–water partition coefficient (Wildman–Crippen LogP) is 2.11. The fraction of sp³-hybridized carbons (Fsp3) is 0.417. The molecule has 1 aromatic rings. The number of pyridine rings is 1. The van der Waals surface area contributed by atoms with Gasteiger partial charge in [0.25, 0.3) is 0 Å². The SMILES string of the molecule is Cc1ccc(C2=CCN(C)CC2)nc1. The first kappa shape index (κ1) is 9.41. The van der Waals surface area contributed by atoms with Gasteiger partial charge in [0.05, 0.1) is 5.69 Å². The number of nitrogens with zero attached hydrogens (tertiary/aromatic N) is 2. The summed E-state index contributed by atoms with van der Waals surface area (Å²) in [6.45, 7) is 4.26. The van der Waals surface area contributed by atoms with Gasteiger partial charge < -0.3 is 4.90 Å². The molecule has 0 aliphatic carbocycles. The Balaban J connectivity index is 2.19. The molecule has 0 saturated heterocycles. The molecule has 1 aliphatic heterocycles. The fourth-order valence-electron chi connectivity index (χ4n) is 1.66. The molecular formula is C12H16N2. The number of hydrogen-bond acceptors (Lipinski definition) is 2. The Morgan fingerprint density at radius 2 is 2.21 bits per heavy atom. The standard InChI is InChI=1S/C12H16N2/c1-10-3-4-12(13-9-10)11-5-7-14(2)8-6-11/h3-5,9H,6-8H2,1-2H3. The largest absolute Gasteiger partial charge is 0.302 e. The van der Waals surface area contributed by atoms with Crippen LogP contribution in [0.1, 0.15) is 17.7 Å². The molecule has 0 N–H and O–H groups in total. The van der Waals surface area contributed by atoms with Crippen molar-refractivity contribution < 1.29 is 0 Å². The van der Waals surface area contributed by atoms with Crippen LogP contribution in [0.4, 0.5) is 0 Å². The van der Waals surface area contributed by atoms with Gasteiger partial charge in [0, 0.05) is 19.3 Å². The minimum atomic E-state index is 1.05. The first-order valence-corrected chi connectivity index (χ1v) is 5.06. The van der Waals surface area contributed by atoms with E-state index in [9.17, 15) is 0 Å². The van der Waals surface area contributed by atoms with Crippen molar-refractivity contribution >= 4 is 5.57 Å². The second-order valence-electron chi connectivity index (χ2n) is 3.96. The molecule has 1 aliphatic rings. The lowest BCUT2D eigenvalue weighted by molar-refractivity contribution is 0.370. The molecule has 2 heteroatoms. The minimum absolute atomic E-state index is 1.05. The van der Waals surface area contributed by atoms with Gasteiger partial charge in [-0.1, -0.05) is 12.1 Å². The number of rotatable bonds is 1. The van der Waals surface area contributed by atoms with E-state index in [2.05, 4.69) is 42.1 Å². The van der Waals surface area contributed by atoms with Crippen LogP contribution in [0, 0.1) is 6.92 Å². The third-order valence-corrected chi connectivity index (χ3v) is 2.65. The molecule has 0 radical (unpaired) electrons. The average Bonchev–Trinajstić information content (AvgIpc) is 2.21. The Morgan fingerprint density at radius 3 is 2.79 bits per heavy atom. The Morgan fingerprint density at radius 1 is 1.36 bits per heavy atom. The lowest BCUT2D eigenvalue weighted by Crippen LogP contribution is -2.23. The quantitative estimate of drug-likeness (QED) is 0.671. The number of likely N-dealkylation sites (N-methyl/N-ethyl adjacent to an activating group) is 1. The number of aryl methyl sites for hydroxylation is 1. The molecule has 0 atom stereocenters. The molecule has 1 aromatic heterocycles. The number of hydrogen-bond donors (Lipinski definition) is 0. The third-order valence-electron chi connectivity index (χ3n) is 2.65. The van der Waals surface area contributed by atoms with Crippen LogP contribution in [0.3, 0.4) is 0 Å². The molecule has 2 heterocycles. The van der Waals surface area contributed by atoms with Gasteiger partial charge in [0.2, 0.25) is 0 Å². The van der Waals surface area contributed by atoms with Crippen LogP contribution in [-0.2, 0) is 0 Å². The summed E-state index contributed by atoms with van der Waals surface area (Å²) in [7, 11) is 2.15. The lowest BCUT2D eigenvalue weighted by Gasteiger charge is -2.21. The van der Waals surface area contributed by atoms with Crippen LogP contribution in [0.2, 0.25) is 0 Å². The Bertz CT molecular complexity index is 338. The van der Waals surface area contributed by atoms with E-state index in [0.29, 0.717) is 0 Å². The molecule has 0 saturated carbocycles. The van der Waals surface area contributed by atoms with Crippen LogP contribution in [0.5, 0.6) is 0 Å². The molecule has 0 spiro atoms. The first-order valence-electron chi connectivity index (χ1n) is 5.06. The van der Waals surface area contributed by atoms with Crippen molar-refractivity contribution in [3.8, 4) is 0 Å². The van der Waals surface area contributed by atoms with Crippen molar-refractivity contribution in [2.75, 3.05) is 20.1 Å².